The molecule has 0 aliphatic heterocycles. The summed E-state index contributed by atoms with van der Waals surface area (Å²) >= 11 is 0. The third kappa shape index (κ3) is 5.77. The molecule has 0 aliphatic rings. The number of nitrogens with zero attached hydrogens (tertiary/aromatic N) is 2. The Morgan fingerprint density at radius 1 is 1.07 bits per heavy atom. The van der Waals surface area contributed by atoms with Gasteiger partial charge in [0.1, 0.15) is 9.84 Å². The number of aromatic nitrogens is 2. The van der Waals surface area contributed by atoms with Crippen LogP contribution in [0.4, 0.5) is 0 Å². The van der Waals surface area contributed by atoms with Gasteiger partial charge >= 0.3 is 0 Å². The summed E-state index contributed by atoms with van der Waals surface area (Å²) in [5.41, 5.74) is 5.43. The van der Waals surface area contributed by atoms with E-state index in [9.17, 15) is 8.42 Å². The summed E-state index contributed by atoms with van der Waals surface area (Å²) in [6, 6.07) is 18.5. The molecule has 142 valence electrons. The molecule has 5 nitrogen and oxygen atoms in total. The minimum absolute atomic E-state index is 0.130. The van der Waals surface area contributed by atoms with E-state index in [-0.39, 0.29) is 5.75 Å². The van der Waals surface area contributed by atoms with Crippen molar-refractivity contribution in [2.45, 2.75) is 20.0 Å². The zero-order valence-corrected chi connectivity index (χ0v) is 16.5. The molecule has 0 amide bonds. The van der Waals surface area contributed by atoms with Crippen LogP contribution < -0.4 is 5.32 Å². The quantitative estimate of drug-likeness (QED) is 0.607. The lowest BCUT2D eigenvalue weighted by atomic mass is 10.1. The molecule has 6 heteroatoms. The van der Waals surface area contributed by atoms with Crippen molar-refractivity contribution in [3.05, 3.63) is 77.5 Å². The van der Waals surface area contributed by atoms with E-state index in [0.717, 1.165) is 16.8 Å². The highest BCUT2D eigenvalue weighted by molar-refractivity contribution is 7.90. The lowest BCUT2D eigenvalue weighted by Gasteiger charge is -2.05. The Morgan fingerprint density at radius 2 is 1.85 bits per heavy atom. The van der Waals surface area contributed by atoms with Crippen molar-refractivity contribution in [3.63, 3.8) is 0 Å². The summed E-state index contributed by atoms with van der Waals surface area (Å²) in [7, 11) is -2.97. The zero-order chi connectivity index (χ0) is 19.3. The van der Waals surface area contributed by atoms with E-state index >= 15 is 0 Å². The molecule has 1 aromatic heterocycles. The lowest BCUT2D eigenvalue weighted by Crippen LogP contribution is -2.22. The topological polar surface area (TPSA) is 64.0 Å². The van der Waals surface area contributed by atoms with Gasteiger partial charge in [-0.3, -0.25) is 4.68 Å². The number of nitrogens with one attached hydrogen (secondary N) is 1. The summed E-state index contributed by atoms with van der Waals surface area (Å²) in [5.74, 6) is 0.130. The summed E-state index contributed by atoms with van der Waals surface area (Å²) < 4.78 is 24.6. The average Bonchev–Trinajstić information content (AvgIpc) is 3.01. The maximum Gasteiger partial charge on any atom is 0.148 e. The number of benzene rings is 2. The van der Waals surface area contributed by atoms with Crippen LogP contribution in [0.15, 0.2) is 60.8 Å². The second-order valence-corrected chi connectivity index (χ2v) is 9.12. The number of hydrogen-bond acceptors (Lipinski definition) is 4. The molecule has 0 spiro atoms. The molecule has 1 heterocycles. The smallest absolute Gasteiger partial charge is 0.148 e. The summed E-state index contributed by atoms with van der Waals surface area (Å²) in [4.78, 5) is 0. The standard InChI is InChI=1S/C21H25N3O2S/c1-17-7-6-10-19(13-17)21-20(14-22-11-12-27(2,25)26)16-24(23-21)15-18-8-4-3-5-9-18/h3-10,13,16,22H,11-12,14-15H2,1-2H3. The number of aryl methyl sites for hydroxylation is 1. The van der Waals surface area contributed by atoms with Crippen molar-refractivity contribution >= 4 is 9.84 Å². The Labute approximate surface area is 161 Å². The fraction of sp³-hybridized carbons (Fsp3) is 0.286. The van der Waals surface area contributed by atoms with Crippen LogP contribution in [0.2, 0.25) is 0 Å². The fourth-order valence-corrected chi connectivity index (χ4v) is 3.47. The van der Waals surface area contributed by atoms with E-state index in [1.54, 1.807) is 0 Å². The van der Waals surface area contributed by atoms with E-state index in [0.29, 0.717) is 19.6 Å². The van der Waals surface area contributed by atoms with Crippen molar-refractivity contribution in [1.82, 2.24) is 15.1 Å². The molecule has 3 aromatic rings. The first-order chi connectivity index (χ1) is 12.9. The monoisotopic (exact) mass is 383 g/mol. The first-order valence-corrected chi connectivity index (χ1v) is 11.0. The van der Waals surface area contributed by atoms with Gasteiger partial charge in [-0.05, 0) is 18.6 Å². The van der Waals surface area contributed by atoms with Gasteiger partial charge in [-0.15, -0.1) is 0 Å². The van der Waals surface area contributed by atoms with Gasteiger partial charge in [-0.25, -0.2) is 8.42 Å². The highest BCUT2D eigenvalue weighted by atomic mass is 32.2. The van der Waals surface area contributed by atoms with Crippen LogP contribution in [-0.4, -0.2) is 36.8 Å². The second-order valence-electron chi connectivity index (χ2n) is 6.86. The van der Waals surface area contributed by atoms with Gasteiger partial charge in [0.15, 0.2) is 0 Å². The van der Waals surface area contributed by atoms with Crippen LogP contribution in [-0.2, 0) is 22.9 Å². The maximum atomic E-state index is 11.3. The molecule has 2 aromatic carbocycles. The lowest BCUT2D eigenvalue weighted by molar-refractivity contribution is 0.596. The Morgan fingerprint density at radius 3 is 2.56 bits per heavy atom. The van der Waals surface area contributed by atoms with Crippen LogP contribution in [0.1, 0.15) is 16.7 Å². The molecule has 27 heavy (non-hydrogen) atoms. The molecule has 3 rings (SSSR count). The van der Waals surface area contributed by atoms with Crippen LogP contribution >= 0.6 is 0 Å². The van der Waals surface area contributed by atoms with Crippen molar-refractivity contribution in [2.24, 2.45) is 0 Å². The molecular weight excluding hydrogens is 358 g/mol. The third-order valence-electron chi connectivity index (χ3n) is 4.28. The summed E-state index contributed by atoms with van der Waals surface area (Å²) in [6.07, 6.45) is 3.29. The third-order valence-corrected chi connectivity index (χ3v) is 5.23. The van der Waals surface area contributed by atoms with Gasteiger partial charge in [0.25, 0.3) is 0 Å². The van der Waals surface area contributed by atoms with E-state index in [1.807, 2.05) is 35.1 Å². The Balaban J connectivity index is 1.82. The summed E-state index contributed by atoms with van der Waals surface area (Å²) in [5, 5.41) is 8.03. The molecule has 0 saturated carbocycles. The first-order valence-electron chi connectivity index (χ1n) is 8.96. The number of sulfone groups is 1. The molecule has 0 unspecified atom stereocenters. The Hall–Kier alpha value is -2.44. The van der Waals surface area contributed by atoms with Gasteiger partial charge in [-0.2, -0.15) is 5.10 Å². The first kappa shape index (κ1) is 19.3. The van der Waals surface area contributed by atoms with Gasteiger partial charge in [0, 0.05) is 36.7 Å². The van der Waals surface area contributed by atoms with Crippen LogP contribution in [0.25, 0.3) is 11.3 Å². The van der Waals surface area contributed by atoms with Crippen LogP contribution in [0.5, 0.6) is 0 Å². The predicted octanol–water partition coefficient (Wildman–Crippen LogP) is 3.04. The van der Waals surface area contributed by atoms with E-state index in [2.05, 4.69) is 42.6 Å². The second kappa shape index (κ2) is 8.50. The Bertz CT molecular complexity index is 995. The molecule has 0 radical (unpaired) electrons. The molecule has 1 N–H and O–H groups in total. The Kier molecular flexibility index (Phi) is 6.08. The van der Waals surface area contributed by atoms with Crippen molar-refractivity contribution in [2.75, 3.05) is 18.6 Å². The SMILES string of the molecule is Cc1cccc(-c2nn(Cc3ccccc3)cc2CNCCS(C)(=O)=O)c1. The van der Waals surface area contributed by atoms with Gasteiger partial charge < -0.3 is 5.32 Å². The van der Waals surface area contributed by atoms with Crippen LogP contribution in [0.3, 0.4) is 0 Å². The summed E-state index contributed by atoms with van der Waals surface area (Å²) in [6.45, 7) is 3.76. The van der Waals surface area contributed by atoms with E-state index in [1.165, 1.54) is 17.4 Å². The average molecular weight is 384 g/mol. The zero-order valence-electron chi connectivity index (χ0n) is 15.7. The molecular formula is C21H25N3O2S. The van der Waals surface area contributed by atoms with Crippen molar-refractivity contribution in [3.8, 4) is 11.3 Å². The molecule has 0 aliphatic carbocycles. The molecule has 0 saturated heterocycles. The largest absolute Gasteiger partial charge is 0.312 e. The van der Waals surface area contributed by atoms with Crippen molar-refractivity contribution in [1.29, 1.82) is 0 Å². The number of rotatable bonds is 8. The van der Waals surface area contributed by atoms with E-state index < -0.39 is 9.84 Å². The molecule has 0 bridgehead atoms. The fourth-order valence-electron chi connectivity index (χ4n) is 2.96. The maximum absolute atomic E-state index is 11.3. The van der Waals surface area contributed by atoms with Gasteiger partial charge in [0.2, 0.25) is 0 Å². The molecule has 0 fully saturated rings. The van der Waals surface area contributed by atoms with Crippen LogP contribution in [0, 0.1) is 6.92 Å². The number of hydrogen-bond donors (Lipinski definition) is 1. The highest BCUT2D eigenvalue weighted by Crippen LogP contribution is 2.23. The van der Waals surface area contributed by atoms with E-state index in [4.69, 9.17) is 5.10 Å². The van der Waals surface area contributed by atoms with Gasteiger partial charge in [-0.1, -0.05) is 54.1 Å². The molecule has 0 atom stereocenters. The van der Waals surface area contributed by atoms with Crippen molar-refractivity contribution < 1.29 is 8.42 Å². The highest BCUT2D eigenvalue weighted by Gasteiger charge is 2.12. The normalized spacial score (nSPS) is 11.6. The minimum atomic E-state index is -2.97. The van der Waals surface area contributed by atoms with Gasteiger partial charge in [0.05, 0.1) is 18.0 Å². The predicted molar refractivity (Wildman–Crippen MR) is 109 cm³/mol. The minimum Gasteiger partial charge on any atom is -0.312 e.